The molecular formula is C17H25ClN2OS3. The van der Waals surface area contributed by atoms with Gasteiger partial charge in [-0.25, -0.2) is 0 Å². The largest absolute Gasteiger partial charge is 0.327 e. The van der Waals surface area contributed by atoms with Crippen LogP contribution in [0.2, 0.25) is 0 Å². The summed E-state index contributed by atoms with van der Waals surface area (Å²) in [6.07, 6.45) is 3.27. The van der Waals surface area contributed by atoms with Gasteiger partial charge in [0.2, 0.25) is 0 Å². The fraction of sp³-hybridized carbons (Fsp3) is 0.471. The SMILES string of the molecule is CCCC[C@@H](N)CSC(=O)N(Cc1cccs1)Cc1cccs1.Cl. The van der Waals surface area contributed by atoms with E-state index in [0.717, 1.165) is 19.3 Å². The number of carbonyl (C=O) groups excluding carboxylic acids is 1. The number of carbonyl (C=O) groups is 1. The van der Waals surface area contributed by atoms with E-state index in [9.17, 15) is 4.79 Å². The van der Waals surface area contributed by atoms with Gasteiger partial charge in [0.25, 0.3) is 5.24 Å². The highest BCUT2D eigenvalue weighted by molar-refractivity contribution is 8.13. The monoisotopic (exact) mass is 404 g/mol. The Morgan fingerprint density at radius 3 is 2.25 bits per heavy atom. The topological polar surface area (TPSA) is 46.3 Å². The van der Waals surface area contributed by atoms with Crippen LogP contribution in [0.15, 0.2) is 35.0 Å². The second-order valence-electron chi connectivity index (χ2n) is 5.49. The summed E-state index contributed by atoms with van der Waals surface area (Å²) in [4.78, 5) is 17.0. The quantitative estimate of drug-likeness (QED) is 0.591. The summed E-state index contributed by atoms with van der Waals surface area (Å²) in [6.45, 7) is 3.51. The van der Waals surface area contributed by atoms with Crippen LogP contribution in [0.3, 0.4) is 0 Å². The molecule has 0 aliphatic rings. The number of hydrogen-bond acceptors (Lipinski definition) is 5. The van der Waals surface area contributed by atoms with E-state index < -0.39 is 0 Å². The number of unbranched alkanes of at least 4 members (excludes halogenated alkanes) is 1. The fourth-order valence-electron chi connectivity index (χ4n) is 2.19. The second kappa shape index (κ2) is 11.9. The van der Waals surface area contributed by atoms with E-state index in [-0.39, 0.29) is 23.7 Å². The first-order valence-electron chi connectivity index (χ1n) is 7.91. The third-order valence-electron chi connectivity index (χ3n) is 3.46. The zero-order valence-corrected chi connectivity index (χ0v) is 17.1. The Kier molecular flexibility index (Phi) is 10.7. The Bertz CT molecular complexity index is 524. The van der Waals surface area contributed by atoms with Gasteiger partial charge in [0.05, 0.1) is 13.1 Å². The molecule has 2 aromatic rings. The standard InChI is InChI=1S/C17H24N2OS3.ClH/c1-2-3-6-14(18)13-23-17(20)19(11-15-7-4-9-21-15)12-16-8-5-10-22-16;/h4-5,7-10,14H,2-3,6,11-13,18H2,1H3;1H/t14-;/m1./s1. The van der Waals surface area contributed by atoms with Crippen LogP contribution in [0, 0.1) is 0 Å². The van der Waals surface area contributed by atoms with Crippen LogP contribution in [0.1, 0.15) is 35.9 Å². The van der Waals surface area contributed by atoms with E-state index >= 15 is 0 Å². The predicted molar refractivity (Wildman–Crippen MR) is 110 cm³/mol. The molecule has 2 N–H and O–H groups in total. The van der Waals surface area contributed by atoms with Crippen molar-refractivity contribution in [2.45, 2.75) is 45.3 Å². The maximum absolute atomic E-state index is 12.6. The van der Waals surface area contributed by atoms with Crippen molar-refractivity contribution in [2.75, 3.05) is 5.75 Å². The average molecular weight is 405 g/mol. The molecule has 0 aliphatic heterocycles. The maximum atomic E-state index is 12.6. The number of nitrogens with zero attached hydrogens (tertiary/aromatic N) is 1. The molecule has 0 saturated carbocycles. The first-order chi connectivity index (χ1) is 11.2. The van der Waals surface area contributed by atoms with Crippen LogP contribution in [0.25, 0.3) is 0 Å². The van der Waals surface area contributed by atoms with Crippen molar-refractivity contribution in [1.29, 1.82) is 0 Å². The highest BCUT2D eigenvalue weighted by atomic mass is 35.5. The molecule has 0 bridgehead atoms. The van der Waals surface area contributed by atoms with Crippen LogP contribution in [-0.4, -0.2) is 21.9 Å². The molecule has 2 rings (SSSR count). The fourth-order valence-corrected chi connectivity index (χ4v) is 4.46. The van der Waals surface area contributed by atoms with Gasteiger partial charge in [-0.1, -0.05) is 43.7 Å². The van der Waals surface area contributed by atoms with Gasteiger partial charge in [-0.3, -0.25) is 4.79 Å². The molecule has 0 spiro atoms. The van der Waals surface area contributed by atoms with E-state index in [1.165, 1.54) is 21.5 Å². The molecule has 134 valence electrons. The molecule has 3 nitrogen and oxygen atoms in total. The molecule has 24 heavy (non-hydrogen) atoms. The first-order valence-corrected chi connectivity index (χ1v) is 10.7. The van der Waals surface area contributed by atoms with Crippen molar-refractivity contribution in [2.24, 2.45) is 5.73 Å². The summed E-state index contributed by atoms with van der Waals surface area (Å²) in [6, 6.07) is 8.33. The lowest BCUT2D eigenvalue weighted by Gasteiger charge is -2.22. The van der Waals surface area contributed by atoms with Gasteiger partial charge in [0.1, 0.15) is 0 Å². The minimum Gasteiger partial charge on any atom is -0.327 e. The molecule has 0 radical (unpaired) electrons. The predicted octanol–water partition coefficient (Wildman–Crippen LogP) is 5.60. The molecule has 2 heterocycles. The Hall–Kier alpha value is -0.530. The van der Waals surface area contributed by atoms with Gasteiger partial charge < -0.3 is 10.6 Å². The first kappa shape index (κ1) is 21.5. The van der Waals surface area contributed by atoms with Crippen molar-refractivity contribution in [3.05, 3.63) is 44.8 Å². The maximum Gasteiger partial charge on any atom is 0.282 e. The van der Waals surface area contributed by atoms with Crippen molar-refractivity contribution in [3.63, 3.8) is 0 Å². The van der Waals surface area contributed by atoms with Gasteiger partial charge in [-0.15, -0.1) is 35.1 Å². The van der Waals surface area contributed by atoms with E-state index in [1.807, 2.05) is 17.0 Å². The van der Waals surface area contributed by atoms with Gasteiger partial charge in [0.15, 0.2) is 0 Å². The van der Waals surface area contributed by atoms with E-state index in [1.54, 1.807) is 22.7 Å². The van der Waals surface area contributed by atoms with Gasteiger partial charge >= 0.3 is 0 Å². The molecule has 2 aromatic heterocycles. The van der Waals surface area contributed by atoms with Gasteiger partial charge in [-0.2, -0.15) is 0 Å². The highest BCUT2D eigenvalue weighted by Crippen LogP contribution is 2.21. The summed E-state index contributed by atoms with van der Waals surface area (Å²) in [5, 5.41) is 4.23. The molecule has 0 saturated heterocycles. The number of hydrogen-bond donors (Lipinski definition) is 1. The van der Waals surface area contributed by atoms with Crippen LogP contribution < -0.4 is 5.73 Å². The van der Waals surface area contributed by atoms with E-state index in [2.05, 4.69) is 29.8 Å². The minimum atomic E-state index is 0. The molecular weight excluding hydrogens is 380 g/mol. The van der Waals surface area contributed by atoms with Crippen LogP contribution in [0.4, 0.5) is 4.79 Å². The van der Waals surface area contributed by atoms with Crippen molar-refractivity contribution >= 4 is 52.1 Å². The molecule has 7 heteroatoms. The zero-order chi connectivity index (χ0) is 16.5. The number of nitrogens with two attached hydrogens (primary N) is 1. The third-order valence-corrected chi connectivity index (χ3v) is 6.28. The summed E-state index contributed by atoms with van der Waals surface area (Å²) in [7, 11) is 0. The van der Waals surface area contributed by atoms with Crippen LogP contribution >= 0.6 is 46.8 Å². The zero-order valence-electron chi connectivity index (χ0n) is 13.8. The molecule has 1 atom stereocenters. The number of amides is 1. The Morgan fingerprint density at radius 1 is 1.21 bits per heavy atom. The second-order valence-corrected chi connectivity index (χ2v) is 8.53. The van der Waals surface area contributed by atoms with Gasteiger partial charge in [0, 0.05) is 21.5 Å². The van der Waals surface area contributed by atoms with Crippen LogP contribution in [0.5, 0.6) is 0 Å². The Labute approximate surface area is 163 Å². The van der Waals surface area contributed by atoms with Crippen LogP contribution in [-0.2, 0) is 13.1 Å². The summed E-state index contributed by atoms with van der Waals surface area (Å²) in [5.74, 6) is 0.699. The Morgan fingerprint density at radius 2 is 1.79 bits per heavy atom. The summed E-state index contributed by atoms with van der Waals surface area (Å²) < 4.78 is 0. The highest BCUT2D eigenvalue weighted by Gasteiger charge is 2.17. The number of rotatable bonds is 9. The number of thiophene rings is 2. The number of halogens is 1. The number of thioether (sulfide) groups is 1. The summed E-state index contributed by atoms with van der Waals surface area (Å²) in [5.41, 5.74) is 6.09. The average Bonchev–Trinajstić information content (AvgIpc) is 3.23. The van der Waals surface area contributed by atoms with Gasteiger partial charge in [-0.05, 0) is 29.3 Å². The molecule has 1 amide bonds. The molecule has 0 aliphatic carbocycles. The normalized spacial score (nSPS) is 11.8. The third kappa shape index (κ3) is 7.57. The minimum absolute atomic E-state index is 0. The molecule has 0 aromatic carbocycles. The van der Waals surface area contributed by atoms with E-state index in [4.69, 9.17) is 5.73 Å². The van der Waals surface area contributed by atoms with Crippen molar-refractivity contribution in [3.8, 4) is 0 Å². The lowest BCUT2D eigenvalue weighted by atomic mass is 10.2. The Balaban J connectivity index is 0.00000288. The lowest BCUT2D eigenvalue weighted by molar-refractivity contribution is 0.219. The van der Waals surface area contributed by atoms with Crippen molar-refractivity contribution in [1.82, 2.24) is 4.90 Å². The smallest absolute Gasteiger partial charge is 0.282 e. The molecule has 0 unspecified atom stereocenters. The van der Waals surface area contributed by atoms with E-state index in [0.29, 0.717) is 18.8 Å². The van der Waals surface area contributed by atoms with Crippen molar-refractivity contribution < 1.29 is 4.79 Å². The summed E-state index contributed by atoms with van der Waals surface area (Å²) >= 11 is 4.74. The lowest BCUT2D eigenvalue weighted by Crippen LogP contribution is -2.29. The molecule has 0 fully saturated rings.